The van der Waals surface area contributed by atoms with Gasteiger partial charge in [0.05, 0.1) is 5.92 Å². The van der Waals surface area contributed by atoms with Gasteiger partial charge in [0, 0.05) is 11.9 Å². The van der Waals surface area contributed by atoms with Gasteiger partial charge in [-0.15, -0.1) is 10.2 Å². The van der Waals surface area contributed by atoms with Gasteiger partial charge < -0.3 is 4.42 Å². The molecule has 1 atom stereocenters. The Bertz CT molecular complexity index is 525. The normalized spacial score (nSPS) is 13.6. The van der Waals surface area contributed by atoms with Crippen LogP contribution in [0, 0.1) is 12.3 Å². The van der Waals surface area contributed by atoms with Crippen molar-refractivity contribution in [3.63, 3.8) is 0 Å². The van der Waals surface area contributed by atoms with Crippen molar-refractivity contribution in [2.75, 3.05) is 0 Å². The molecule has 1 unspecified atom stereocenters. The van der Waals surface area contributed by atoms with Crippen LogP contribution in [-0.4, -0.2) is 10.2 Å². The van der Waals surface area contributed by atoms with E-state index in [1.54, 1.807) is 6.92 Å². The van der Waals surface area contributed by atoms with Crippen LogP contribution >= 0.6 is 11.6 Å². The second-order valence-electron chi connectivity index (χ2n) is 5.51. The molecule has 3 nitrogen and oxygen atoms in total. The summed E-state index contributed by atoms with van der Waals surface area (Å²) in [7, 11) is 0. The molecule has 0 bridgehead atoms. The number of rotatable bonds is 2. The van der Waals surface area contributed by atoms with Crippen molar-refractivity contribution in [2.24, 2.45) is 5.41 Å². The Morgan fingerprint density at radius 2 is 1.72 bits per heavy atom. The molecule has 0 fully saturated rings. The van der Waals surface area contributed by atoms with E-state index in [1.165, 1.54) is 0 Å². The molecule has 0 spiro atoms. The number of benzene rings is 1. The summed E-state index contributed by atoms with van der Waals surface area (Å²) in [5, 5.41) is 8.81. The zero-order valence-electron chi connectivity index (χ0n) is 11.1. The number of aromatic nitrogens is 2. The summed E-state index contributed by atoms with van der Waals surface area (Å²) in [6.07, 6.45) is 0. The Hall–Kier alpha value is -1.35. The largest absolute Gasteiger partial charge is 0.425 e. The second kappa shape index (κ2) is 4.73. The fraction of sp³-hybridized carbons (Fsp3) is 0.429. The van der Waals surface area contributed by atoms with Crippen LogP contribution < -0.4 is 0 Å². The third-order valence-corrected chi connectivity index (χ3v) is 3.11. The highest BCUT2D eigenvalue weighted by Crippen LogP contribution is 2.39. The van der Waals surface area contributed by atoms with Gasteiger partial charge in [0.2, 0.25) is 11.8 Å². The lowest BCUT2D eigenvalue weighted by Gasteiger charge is -2.28. The lowest BCUT2D eigenvalue weighted by atomic mass is 9.76. The second-order valence-corrected chi connectivity index (χ2v) is 5.95. The maximum Gasteiger partial charge on any atom is 0.224 e. The fourth-order valence-corrected chi connectivity index (χ4v) is 2.22. The summed E-state index contributed by atoms with van der Waals surface area (Å²) in [6, 6.07) is 7.80. The quantitative estimate of drug-likeness (QED) is 0.816. The molecule has 0 N–H and O–H groups in total. The summed E-state index contributed by atoms with van der Waals surface area (Å²) in [4.78, 5) is 0. The van der Waals surface area contributed by atoms with E-state index in [-0.39, 0.29) is 11.3 Å². The molecule has 1 heterocycles. The number of hydrogen-bond donors (Lipinski definition) is 0. The topological polar surface area (TPSA) is 38.9 Å². The summed E-state index contributed by atoms with van der Waals surface area (Å²) < 4.78 is 5.60. The van der Waals surface area contributed by atoms with E-state index >= 15 is 0 Å². The zero-order chi connectivity index (χ0) is 13.3. The van der Waals surface area contributed by atoms with Gasteiger partial charge in [-0.3, -0.25) is 0 Å². The van der Waals surface area contributed by atoms with E-state index in [4.69, 9.17) is 16.0 Å². The van der Waals surface area contributed by atoms with Crippen molar-refractivity contribution in [2.45, 2.75) is 33.6 Å². The first-order valence-electron chi connectivity index (χ1n) is 5.93. The molecule has 18 heavy (non-hydrogen) atoms. The van der Waals surface area contributed by atoms with Gasteiger partial charge in [-0.1, -0.05) is 44.5 Å². The Morgan fingerprint density at radius 1 is 1.11 bits per heavy atom. The molecule has 0 saturated heterocycles. The minimum Gasteiger partial charge on any atom is -0.425 e. The van der Waals surface area contributed by atoms with Crippen LogP contribution in [0.4, 0.5) is 0 Å². The maximum absolute atomic E-state index is 5.93. The van der Waals surface area contributed by atoms with Crippen molar-refractivity contribution in [3.05, 3.63) is 46.6 Å². The monoisotopic (exact) mass is 264 g/mol. The van der Waals surface area contributed by atoms with Crippen LogP contribution in [0.5, 0.6) is 0 Å². The lowest BCUT2D eigenvalue weighted by Crippen LogP contribution is -2.20. The van der Waals surface area contributed by atoms with Crippen molar-refractivity contribution in [1.82, 2.24) is 10.2 Å². The highest BCUT2D eigenvalue weighted by Gasteiger charge is 2.32. The molecule has 0 saturated carbocycles. The molecule has 4 heteroatoms. The van der Waals surface area contributed by atoms with E-state index in [0.29, 0.717) is 11.8 Å². The minimum absolute atomic E-state index is 0.00714. The SMILES string of the molecule is Cc1nnc(C(c2ccc(Cl)cc2)C(C)(C)C)o1. The van der Waals surface area contributed by atoms with Gasteiger partial charge in [-0.25, -0.2) is 0 Å². The molecule has 96 valence electrons. The predicted molar refractivity (Wildman–Crippen MR) is 71.8 cm³/mol. The molecule has 1 aromatic carbocycles. The first kappa shape index (κ1) is 13.1. The molecule has 2 rings (SSSR count). The molecular weight excluding hydrogens is 248 g/mol. The van der Waals surface area contributed by atoms with E-state index in [2.05, 4.69) is 31.0 Å². The summed E-state index contributed by atoms with van der Waals surface area (Å²) in [5.41, 5.74) is 1.13. The Balaban J connectivity index is 2.47. The Morgan fingerprint density at radius 3 is 2.17 bits per heavy atom. The predicted octanol–water partition coefficient (Wildman–Crippen LogP) is 4.21. The smallest absolute Gasteiger partial charge is 0.224 e. The van der Waals surface area contributed by atoms with Crippen molar-refractivity contribution >= 4 is 11.6 Å². The van der Waals surface area contributed by atoms with Crippen molar-refractivity contribution in [1.29, 1.82) is 0 Å². The highest BCUT2D eigenvalue weighted by molar-refractivity contribution is 6.30. The number of halogens is 1. The molecule has 0 radical (unpaired) electrons. The van der Waals surface area contributed by atoms with Gasteiger partial charge >= 0.3 is 0 Å². The average Bonchev–Trinajstić information content (AvgIpc) is 2.66. The van der Waals surface area contributed by atoms with E-state index in [9.17, 15) is 0 Å². The average molecular weight is 265 g/mol. The van der Waals surface area contributed by atoms with Gasteiger partial charge in [0.15, 0.2) is 0 Å². The molecule has 0 aliphatic heterocycles. The standard InChI is InChI=1S/C14H17ClN2O/c1-9-16-17-13(18-9)12(14(2,3)4)10-5-7-11(15)8-6-10/h5-8,12H,1-4H3. The summed E-state index contributed by atoms with van der Waals surface area (Å²) in [5.74, 6) is 1.31. The van der Waals surface area contributed by atoms with E-state index in [1.807, 2.05) is 24.3 Å². The van der Waals surface area contributed by atoms with Crippen LogP contribution in [0.15, 0.2) is 28.7 Å². The molecule has 0 aliphatic carbocycles. The molecule has 1 aromatic heterocycles. The maximum atomic E-state index is 5.93. The van der Waals surface area contributed by atoms with Gasteiger partial charge in [-0.05, 0) is 23.1 Å². The molecule has 0 aliphatic rings. The lowest BCUT2D eigenvalue weighted by molar-refractivity contribution is 0.302. The van der Waals surface area contributed by atoms with Crippen LogP contribution in [-0.2, 0) is 0 Å². The summed E-state index contributed by atoms with van der Waals surface area (Å²) in [6.45, 7) is 8.28. The van der Waals surface area contributed by atoms with Gasteiger partial charge in [0.25, 0.3) is 0 Å². The van der Waals surface area contributed by atoms with Gasteiger partial charge in [0.1, 0.15) is 0 Å². The zero-order valence-corrected chi connectivity index (χ0v) is 11.8. The van der Waals surface area contributed by atoms with Crippen molar-refractivity contribution < 1.29 is 4.42 Å². The molecule has 0 amide bonds. The third kappa shape index (κ3) is 2.72. The van der Waals surface area contributed by atoms with Crippen LogP contribution in [0.1, 0.15) is 44.0 Å². The van der Waals surface area contributed by atoms with Crippen molar-refractivity contribution in [3.8, 4) is 0 Å². The third-order valence-electron chi connectivity index (χ3n) is 2.86. The number of nitrogens with zero attached hydrogens (tertiary/aromatic N) is 2. The van der Waals surface area contributed by atoms with Gasteiger partial charge in [-0.2, -0.15) is 0 Å². The minimum atomic E-state index is -0.00714. The molecule has 2 aromatic rings. The first-order valence-corrected chi connectivity index (χ1v) is 6.31. The Kier molecular flexibility index (Phi) is 3.44. The Labute approximate surface area is 112 Å². The molecular formula is C14H17ClN2O. The van der Waals surface area contributed by atoms with Crippen LogP contribution in [0.2, 0.25) is 5.02 Å². The summed E-state index contributed by atoms with van der Waals surface area (Å²) >= 11 is 5.93. The van der Waals surface area contributed by atoms with Crippen LogP contribution in [0.3, 0.4) is 0 Å². The van der Waals surface area contributed by atoms with E-state index in [0.717, 1.165) is 10.6 Å². The first-order chi connectivity index (χ1) is 8.38. The van der Waals surface area contributed by atoms with E-state index < -0.39 is 0 Å². The fourth-order valence-electron chi connectivity index (χ4n) is 2.10. The highest BCUT2D eigenvalue weighted by atomic mass is 35.5. The van der Waals surface area contributed by atoms with Crippen LogP contribution in [0.25, 0.3) is 0 Å². The number of aryl methyl sites for hydroxylation is 1. The number of hydrogen-bond acceptors (Lipinski definition) is 3.